The van der Waals surface area contributed by atoms with Crippen LogP contribution in [0.4, 0.5) is 4.39 Å². The van der Waals surface area contributed by atoms with Crippen molar-refractivity contribution in [2.75, 3.05) is 0 Å². The Kier molecular flexibility index (Phi) is 3.93. The summed E-state index contributed by atoms with van der Waals surface area (Å²) in [7, 11) is 0. The number of halogens is 2. The Morgan fingerprint density at radius 3 is 2.68 bits per heavy atom. The van der Waals surface area contributed by atoms with Gasteiger partial charge in [-0.1, -0.05) is 22.0 Å². The highest BCUT2D eigenvalue weighted by Crippen LogP contribution is 2.24. The van der Waals surface area contributed by atoms with Gasteiger partial charge in [-0.05, 0) is 24.3 Å². The SMILES string of the molecule is N#C/C(=C(/N)c1cc(F)cc(Br)c1)c1cccnc1. The smallest absolute Gasteiger partial charge is 0.125 e. The lowest BCUT2D eigenvalue weighted by atomic mass is 10.0. The van der Waals surface area contributed by atoms with Crippen LogP contribution >= 0.6 is 15.9 Å². The van der Waals surface area contributed by atoms with Gasteiger partial charge in [0.15, 0.2) is 0 Å². The van der Waals surface area contributed by atoms with Crippen LogP contribution < -0.4 is 5.73 Å². The quantitative estimate of drug-likeness (QED) is 0.864. The van der Waals surface area contributed by atoms with E-state index in [0.717, 1.165) is 0 Å². The van der Waals surface area contributed by atoms with E-state index in [-0.39, 0.29) is 11.3 Å². The van der Waals surface area contributed by atoms with E-state index in [1.165, 1.54) is 12.1 Å². The van der Waals surface area contributed by atoms with Crippen molar-refractivity contribution in [2.24, 2.45) is 5.73 Å². The van der Waals surface area contributed by atoms with Crippen molar-refractivity contribution >= 4 is 27.2 Å². The Morgan fingerprint density at radius 1 is 1.32 bits per heavy atom. The summed E-state index contributed by atoms with van der Waals surface area (Å²) in [5.41, 5.74) is 7.50. The number of aromatic nitrogens is 1. The zero-order valence-corrected chi connectivity index (χ0v) is 11.4. The summed E-state index contributed by atoms with van der Waals surface area (Å²) in [6, 6.07) is 9.74. The first-order valence-electron chi connectivity index (χ1n) is 5.38. The molecule has 0 saturated heterocycles. The van der Waals surface area contributed by atoms with Crippen LogP contribution in [0.15, 0.2) is 47.2 Å². The van der Waals surface area contributed by atoms with Crippen LogP contribution in [-0.2, 0) is 0 Å². The maximum Gasteiger partial charge on any atom is 0.125 e. The molecule has 2 aromatic rings. The van der Waals surface area contributed by atoms with Crippen LogP contribution in [0.25, 0.3) is 11.3 Å². The fraction of sp³-hybridized carbons (Fsp3) is 0. The zero-order chi connectivity index (χ0) is 13.8. The molecule has 2 rings (SSSR count). The summed E-state index contributed by atoms with van der Waals surface area (Å²) in [5.74, 6) is -0.421. The molecule has 94 valence electrons. The molecular formula is C14H9BrFN3. The number of hydrogen-bond acceptors (Lipinski definition) is 3. The van der Waals surface area contributed by atoms with E-state index in [4.69, 9.17) is 5.73 Å². The van der Waals surface area contributed by atoms with Gasteiger partial charge in [0, 0.05) is 28.0 Å². The molecule has 1 aromatic heterocycles. The first-order valence-corrected chi connectivity index (χ1v) is 6.18. The molecule has 0 radical (unpaired) electrons. The van der Waals surface area contributed by atoms with Crippen LogP contribution in [0.2, 0.25) is 0 Å². The summed E-state index contributed by atoms with van der Waals surface area (Å²) >= 11 is 3.20. The molecule has 2 N–H and O–H groups in total. The Bertz CT molecular complexity index is 655. The van der Waals surface area contributed by atoms with E-state index in [2.05, 4.69) is 20.9 Å². The average molecular weight is 318 g/mol. The maximum absolute atomic E-state index is 13.4. The van der Waals surface area contributed by atoms with Crippen LogP contribution in [0.5, 0.6) is 0 Å². The van der Waals surface area contributed by atoms with Crippen LogP contribution in [0, 0.1) is 17.1 Å². The standard InChI is InChI=1S/C14H9BrFN3/c15-11-4-10(5-12(16)6-11)14(18)13(7-17)9-2-1-3-19-8-9/h1-6,8H,18H2/b14-13-. The minimum Gasteiger partial charge on any atom is -0.397 e. The second-order valence-corrected chi connectivity index (χ2v) is 4.72. The predicted molar refractivity (Wildman–Crippen MR) is 75.0 cm³/mol. The van der Waals surface area contributed by atoms with Crippen LogP contribution in [0.3, 0.4) is 0 Å². The molecule has 0 aliphatic carbocycles. The molecule has 0 bridgehead atoms. The molecule has 0 aliphatic heterocycles. The van der Waals surface area contributed by atoms with Gasteiger partial charge in [0.1, 0.15) is 11.9 Å². The van der Waals surface area contributed by atoms with Gasteiger partial charge in [0.2, 0.25) is 0 Å². The topological polar surface area (TPSA) is 62.7 Å². The lowest BCUT2D eigenvalue weighted by Crippen LogP contribution is -2.01. The van der Waals surface area contributed by atoms with E-state index in [9.17, 15) is 9.65 Å². The second kappa shape index (κ2) is 5.63. The first kappa shape index (κ1) is 13.2. The van der Waals surface area contributed by atoms with Gasteiger partial charge in [-0.25, -0.2) is 4.39 Å². The third-order valence-corrected chi connectivity index (χ3v) is 2.96. The molecule has 0 aliphatic rings. The van der Waals surface area contributed by atoms with E-state index >= 15 is 0 Å². The Hall–Kier alpha value is -2.19. The molecule has 19 heavy (non-hydrogen) atoms. The Morgan fingerprint density at radius 2 is 2.11 bits per heavy atom. The molecular weight excluding hydrogens is 309 g/mol. The van der Waals surface area contributed by atoms with Crippen molar-refractivity contribution in [3.8, 4) is 6.07 Å². The summed E-state index contributed by atoms with van der Waals surface area (Å²) < 4.78 is 13.9. The maximum atomic E-state index is 13.4. The van der Waals surface area contributed by atoms with E-state index < -0.39 is 5.82 Å². The third kappa shape index (κ3) is 2.98. The summed E-state index contributed by atoms with van der Waals surface area (Å²) in [6.07, 6.45) is 3.15. The largest absolute Gasteiger partial charge is 0.397 e. The molecule has 0 amide bonds. The van der Waals surface area contributed by atoms with Crippen molar-refractivity contribution in [1.82, 2.24) is 4.98 Å². The van der Waals surface area contributed by atoms with Gasteiger partial charge in [0.05, 0.1) is 11.3 Å². The minimum atomic E-state index is -0.421. The molecule has 0 spiro atoms. The van der Waals surface area contributed by atoms with Crippen LogP contribution in [-0.4, -0.2) is 4.98 Å². The van der Waals surface area contributed by atoms with E-state index in [1.807, 2.05) is 6.07 Å². The highest BCUT2D eigenvalue weighted by molar-refractivity contribution is 9.10. The summed E-state index contributed by atoms with van der Waals surface area (Å²) in [6.45, 7) is 0. The van der Waals surface area contributed by atoms with Gasteiger partial charge in [-0.3, -0.25) is 4.98 Å². The number of nitrogens with zero attached hydrogens (tertiary/aromatic N) is 2. The van der Waals surface area contributed by atoms with Gasteiger partial charge < -0.3 is 5.73 Å². The Labute approximate surface area is 118 Å². The predicted octanol–water partition coefficient (Wildman–Crippen LogP) is 3.33. The number of hydrogen-bond donors (Lipinski definition) is 1. The number of rotatable bonds is 2. The monoisotopic (exact) mass is 317 g/mol. The fourth-order valence-corrected chi connectivity index (χ4v) is 2.11. The minimum absolute atomic E-state index is 0.218. The summed E-state index contributed by atoms with van der Waals surface area (Å²) in [4.78, 5) is 3.94. The van der Waals surface area contributed by atoms with Gasteiger partial charge in [-0.15, -0.1) is 0 Å². The molecule has 0 atom stereocenters. The normalized spacial score (nSPS) is 11.6. The highest BCUT2D eigenvalue weighted by atomic mass is 79.9. The van der Waals surface area contributed by atoms with Gasteiger partial charge in [-0.2, -0.15) is 5.26 Å². The number of allylic oxidation sites excluding steroid dienone is 1. The highest BCUT2D eigenvalue weighted by Gasteiger charge is 2.10. The second-order valence-electron chi connectivity index (χ2n) is 3.80. The van der Waals surface area contributed by atoms with Crippen molar-refractivity contribution < 1.29 is 4.39 Å². The van der Waals surface area contributed by atoms with Crippen molar-refractivity contribution in [3.05, 3.63) is 64.1 Å². The van der Waals surface area contributed by atoms with Gasteiger partial charge in [0.25, 0.3) is 0 Å². The molecule has 0 saturated carbocycles. The number of pyridine rings is 1. The third-order valence-electron chi connectivity index (χ3n) is 2.50. The molecule has 0 unspecified atom stereocenters. The molecule has 1 heterocycles. The number of benzene rings is 1. The molecule has 0 fully saturated rings. The van der Waals surface area contributed by atoms with E-state index in [0.29, 0.717) is 15.6 Å². The number of nitrogens with two attached hydrogens (primary N) is 1. The first-order chi connectivity index (χ1) is 9.11. The van der Waals surface area contributed by atoms with Crippen LogP contribution in [0.1, 0.15) is 11.1 Å². The molecule has 1 aromatic carbocycles. The lowest BCUT2D eigenvalue weighted by Gasteiger charge is -2.07. The van der Waals surface area contributed by atoms with Gasteiger partial charge >= 0.3 is 0 Å². The fourth-order valence-electron chi connectivity index (χ4n) is 1.64. The Balaban J connectivity index is 2.59. The lowest BCUT2D eigenvalue weighted by molar-refractivity contribution is 0.626. The van der Waals surface area contributed by atoms with Crippen molar-refractivity contribution in [2.45, 2.75) is 0 Å². The molecule has 3 nitrogen and oxygen atoms in total. The van der Waals surface area contributed by atoms with Crippen molar-refractivity contribution in [3.63, 3.8) is 0 Å². The summed E-state index contributed by atoms with van der Waals surface area (Å²) in [5, 5.41) is 9.23. The number of nitriles is 1. The van der Waals surface area contributed by atoms with E-state index in [1.54, 1.807) is 30.6 Å². The zero-order valence-electron chi connectivity index (χ0n) is 9.77. The molecule has 5 heteroatoms. The average Bonchev–Trinajstić information content (AvgIpc) is 2.39. The van der Waals surface area contributed by atoms with Crippen molar-refractivity contribution in [1.29, 1.82) is 5.26 Å².